The molecule has 0 aliphatic carbocycles. The van der Waals surface area contributed by atoms with Crippen LogP contribution >= 0.6 is 0 Å². The molecule has 0 aromatic heterocycles. The lowest BCUT2D eigenvalue weighted by atomic mass is 10.2. The van der Waals surface area contributed by atoms with E-state index in [4.69, 9.17) is 0 Å². The highest BCUT2D eigenvalue weighted by atomic mass is 32.2. The number of hydrogen-bond acceptors (Lipinski definition) is 4. The van der Waals surface area contributed by atoms with Gasteiger partial charge in [0.2, 0.25) is 15.9 Å². The number of hydrogen-bond donors (Lipinski definition) is 2. The van der Waals surface area contributed by atoms with Gasteiger partial charge in [-0.25, -0.2) is 8.42 Å². The average molecular weight is 283 g/mol. The highest BCUT2D eigenvalue weighted by Crippen LogP contribution is 2.26. The first-order chi connectivity index (χ1) is 9.02. The summed E-state index contributed by atoms with van der Waals surface area (Å²) in [7, 11) is -3.32. The average Bonchev–Trinajstić information content (AvgIpc) is 2.39. The first-order valence-corrected chi connectivity index (χ1v) is 7.78. The van der Waals surface area contributed by atoms with Gasteiger partial charge in [0.15, 0.2) is 0 Å². The summed E-state index contributed by atoms with van der Waals surface area (Å²) in [5.74, 6) is -0.0404. The Kier molecular flexibility index (Phi) is 3.94. The fraction of sp³-hybridized carbons (Fsp3) is 0.417. The first kappa shape index (κ1) is 13.7. The van der Waals surface area contributed by atoms with E-state index in [2.05, 4.69) is 10.0 Å². The summed E-state index contributed by atoms with van der Waals surface area (Å²) >= 11 is 0. The largest absolute Gasteiger partial charge is 0.359 e. The lowest BCUT2D eigenvalue weighted by Crippen LogP contribution is -2.47. The van der Waals surface area contributed by atoms with Crippen LogP contribution < -0.4 is 14.9 Å². The zero-order valence-electron chi connectivity index (χ0n) is 10.7. The third-order valence-electron chi connectivity index (χ3n) is 2.93. The van der Waals surface area contributed by atoms with Crippen molar-refractivity contribution in [2.24, 2.45) is 0 Å². The number of piperazine rings is 1. The maximum absolute atomic E-state index is 11.7. The number of anilines is 2. The van der Waals surface area contributed by atoms with E-state index in [-0.39, 0.29) is 18.2 Å². The molecule has 0 atom stereocenters. The van der Waals surface area contributed by atoms with E-state index in [1.807, 2.05) is 17.0 Å². The smallest absolute Gasteiger partial charge is 0.239 e. The van der Waals surface area contributed by atoms with Gasteiger partial charge < -0.3 is 10.2 Å². The molecule has 2 N–H and O–H groups in total. The van der Waals surface area contributed by atoms with Crippen molar-refractivity contribution in [2.45, 2.75) is 6.92 Å². The summed E-state index contributed by atoms with van der Waals surface area (Å²) in [6.45, 7) is 3.05. The number of carbonyl (C=O) groups is 1. The maximum atomic E-state index is 11.7. The molecule has 0 saturated carbocycles. The molecule has 2 rings (SSSR count). The van der Waals surface area contributed by atoms with Crippen LogP contribution in [0.5, 0.6) is 0 Å². The van der Waals surface area contributed by atoms with Crippen molar-refractivity contribution in [2.75, 3.05) is 35.0 Å². The summed E-state index contributed by atoms with van der Waals surface area (Å²) in [6.07, 6.45) is 0. The highest BCUT2D eigenvalue weighted by Gasteiger charge is 2.20. The van der Waals surface area contributed by atoms with Crippen LogP contribution in [-0.4, -0.2) is 39.7 Å². The fourth-order valence-electron chi connectivity index (χ4n) is 1.92. The quantitative estimate of drug-likeness (QED) is 0.837. The van der Waals surface area contributed by atoms with E-state index in [0.717, 1.165) is 5.69 Å². The van der Waals surface area contributed by atoms with Crippen molar-refractivity contribution in [1.29, 1.82) is 0 Å². The van der Waals surface area contributed by atoms with Crippen molar-refractivity contribution < 1.29 is 13.2 Å². The topological polar surface area (TPSA) is 78.5 Å². The van der Waals surface area contributed by atoms with Crippen molar-refractivity contribution in [1.82, 2.24) is 5.32 Å². The molecule has 0 radical (unpaired) electrons. The number of rotatable bonds is 4. The monoisotopic (exact) mass is 283 g/mol. The van der Waals surface area contributed by atoms with E-state index < -0.39 is 10.0 Å². The summed E-state index contributed by atoms with van der Waals surface area (Å²) in [6, 6.07) is 7.10. The standard InChI is InChI=1S/C12H17N3O3S/c1-2-19(17,18)14-10-5-3-4-6-11(10)15-8-7-13-12(16)9-15/h3-6,14H,2,7-9H2,1H3,(H,13,16). The number of benzene rings is 1. The molecule has 0 unspecified atom stereocenters. The third-order valence-corrected chi connectivity index (χ3v) is 4.22. The van der Waals surface area contributed by atoms with Gasteiger partial charge in [0, 0.05) is 13.1 Å². The van der Waals surface area contributed by atoms with Gasteiger partial charge in [-0.2, -0.15) is 0 Å². The molecule has 1 aromatic rings. The third kappa shape index (κ3) is 3.37. The molecule has 1 aliphatic rings. The number of carbonyl (C=O) groups excluding carboxylic acids is 1. The van der Waals surface area contributed by atoms with E-state index >= 15 is 0 Å². The number of para-hydroxylation sites is 2. The molecule has 1 aliphatic heterocycles. The SMILES string of the molecule is CCS(=O)(=O)Nc1ccccc1N1CCNC(=O)C1. The highest BCUT2D eigenvalue weighted by molar-refractivity contribution is 7.92. The number of nitrogens with one attached hydrogen (secondary N) is 2. The predicted octanol–water partition coefficient (Wildman–Crippen LogP) is 0.384. The van der Waals surface area contributed by atoms with Crippen molar-refractivity contribution in [3.63, 3.8) is 0 Å². The number of nitrogens with zero attached hydrogens (tertiary/aromatic N) is 1. The predicted molar refractivity (Wildman–Crippen MR) is 74.7 cm³/mol. The normalized spacial score (nSPS) is 16.1. The van der Waals surface area contributed by atoms with Gasteiger partial charge in [-0.3, -0.25) is 9.52 Å². The minimum Gasteiger partial charge on any atom is -0.359 e. The van der Waals surface area contributed by atoms with Crippen LogP contribution in [0.3, 0.4) is 0 Å². The molecule has 0 spiro atoms. The summed E-state index contributed by atoms with van der Waals surface area (Å²) in [4.78, 5) is 13.3. The molecule has 1 aromatic carbocycles. The van der Waals surface area contributed by atoms with Crippen LogP contribution in [0, 0.1) is 0 Å². The van der Waals surface area contributed by atoms with E-state index in [1.54, 1.807) is 19.1 Å². The Hall–Kier alpha value is -1.76. The molecular weight excluding hydrogens is 266 g/mol. The minimum atomic E-state index is -3.32. The van der Waals surface area contributed by atoms with Gasteiger partial charge >= 0.3 is 0 Å². The second kappa shape index (κ2) is 5.48. The Morgan fingerprint density at radius 1 is 1.37 bits per heavy atom. The molecule has 104 valence electrons. The Bertz CT molecular complexity index is 571. The number of sulfonamides is 1. The summed E-state index contributed by atoms with van der Waals surface area (Å²) in [5, 5.41) is 2.74. The van der Waals surface area contributed by atoms with E-state index in [1.165, 1.54) is 0 Å². The first-order valence-electron chi connectivity index (χ1n) is 6.13. The van der Waals surface area contributed by atoms with E-state index in [9.17, 15) is 13.2 Å². The van der Waals surface area contributed by atoms with Crippen molar-refractivity contribution in [3.05, 3.63) is 24.3 Å². The van der Waals surface area contributed by atoms with E-state index in [0.29, 0.717) is 18.8 Å². The van der Waals surface area contributed by atoms with Gasteiger partial charge in [0.1, 0.15) is 0 Å². The molecule has 0 bridgehead atoms. The second-order valence-corrected chi connectivity index (χ2v) is 6.31. The molecule has 1 fully saturated rings. The second-order valence-electron chi connectivity index (χ2n) is 4.29. The van der Waals surface area contributed by atoms with Crippen LogP contribution in [0.1, 0.15) is 6.92 Å². The molecule has 6 nitrogen and oxygen atoms in total. The Morgan fingerprint density at radius 3 is 2.79 bits per heavy atom. The van der Waals surface area contributed by atoms with Crippen LogP contribution in [0.2, 0.25) is 0 Å². The van der Waals surface area contributed by atoms with Crippen molar-refractivity contribution >= 4 is 27.3 Å². The number of amides is 1. The van der Waals surface area contributed by atoms with Crippen LogP contribution in [0.4, 0.5) is 11.4 Å². The lowest BCUT2D eigenvalue weighted by Gasteiger charge is -2.30. The molecule has 1 amide bonds. The van der Waals surface area contributed by atoms with Gasteiger partial charge in [-0.05, 0) is 19.1 Å². The molecule has 1 heterocycles. The fourth-order valence-corrected chi connectivity index (χ4v) is 2.57. The van der Waals surface area contributed by atoms with Crippen LogP contribution in [0.25, 0.3) is 0 Å². The lowest BCUT2D eigenvalue weighted by molar-refractivity contribution is -0.120. The Balaban J connectivity index is 2.28. The Labute approximate surface area is 112 Å². The zero-order valence-corrected chi connectivity index (χ0v) is 11.5. The molecule has 1 saturated heterocycles. The molecular formula is C12H17N3O3S. The van der Waals surface area contributed by atoms with Crippen LogP contribution in [-0.2, 0) is 14.8 Å². The molecule has 7 heteroatoms. The summed E-state index contributed by atoms with van der Waals surface area (Å²) < 4.78 is 25.9. The zero-order chi connectivity index (χ0) is 13.9. The van der Waals surface area contributed by atoms with Crippen molar-refractivity contribution in [3.8, 4) is 0 Å². The molecule has 19 heavy (non-hydrogen) atoms. The van der Waals surface area contributed by atoms with Crippen LogP contribution in [0.15, 0.2) is 24.3 Å². The van der Waals surface area contributed by atoms with Gasteiger partial charge in [-0.1, -0.05) is 12.1 Å². The minimum absolute atomic E-state index is 0.0157. The van der Waals surface area contributed by atoms with Gasteiger partial charge in [0.25, 0.3) is 0 Å². The maximum Gasteiger partial charge on any atom is 0.239 e. The van der Waals surface area contributed by atoms with Gasteiger partial charge in [0.05, 0.1) is 23.7 Å². The van der Waals surface area contributed by atoms with Gasteiger partial charge in [-0.15, -0.1) is 0 Å². The Morgan fingerprint density at radius 2 is 2.11 bits per heavy atom. The summed E-state index contributed by atoms with van der Waals surface area (Å²) in [5.41, 5.74) is 1.24.